The molecule has 1 aromatic rings. The zero-order valence-corrected chi connectivity index (χ0v) is 15.2. The first kappa shape index (κ1) is 23.6. The number of nitrogens with two attached hydrogens (primary N) is 1. The first-order chi connectivity index (χ1) is 11.0. The average Bonchev–Trinajstić information content (AvgIpc) is 2.55. The Hall–Kier alpha value is -1.65. The van der Waals surface area contributed by atoms with E-state index in [9.17, 15) is 9.90 Å². The van der Waals surface area contributed by atoms with Gasteiger partial charge in [-0.3, -0.25) is 4.79 Å². The lowest BCUT2D eigenvalue weighted by atomic mass is 9.90. The minimum absolute atomic E-state index is 0.222. The van der Waals surface area contributed by atoms with Crippen LogP contribution in [0, 0.1) is 11.8 Å². The quantitative estimate of drug-likeness (QED) is 0.591. The van der Waals surface area contributed by atoms with Crippen molar-refractivity contribution in [2.24, 2.45) is 17.6 Å². The number of aromatic hydroxyl groups is 1. The van der Waals surface area contributed by atoms with Gasteiger partial charge in [0.05, 0.1) is 0 Å². The van der Waals surface area contributed by atoms with Gasteiger partial charge in [0.2, 0.25) is 0 Å². The standard InChI is InChI=1S/C16H22O2.C2H6O.CH5N/c1-4-14(12(2)3)6-5-7-15-9-8-13(11-17)10-16(15)18;1-3-2;1-2/h4,8-12,14,18H,1,5-7H2,2-3H3;1-2H3;2H2,1H3. The molecular formula is C19H33NO3. The van der Waals surface area contributed by atoms with Crippen molar-refractivity contribution in [2.75, 3.05) is 21.3 Å². The molecule has 1 unspecified atom stereocenters. The van der Waals surface area contributed by atoms with Crippen LogP contribution in [0.4, 0.5) is 0 Å². The first-order valence-corrected chi connectivity index (χ1v) is 7.87. The van der Waals surface area contributed by atoms with Crippen molar-refractivity contribution in [3.63, 3.8) is 0 Å². The van der Waals surface area contributed by atoms with Crippen LogP contribution in [0.25, 0.3) is 0 Å². The molecule has 0 saturated carbocycles. The normalized spacial score (nSPS) is 10.7. The number of aryl methyl sites for hydroxylation is 1. The second kappa shape index (κ2) is 15.3. The third-order valence-corrected chi connectivity index (χ3v) is 3.39. The highest BCUT2D eigenvalue weighted by Crippen LogP contribution is 2.23. The maximum Gasteiger partial charge on any atom is 0.150 e. The molecule has 1 aromatic carbocycles. The van der Waals surface area contributed by atoms with E-state index in [1.54, 1.807) is 20.3 Å². The van der Waals surface area contributed by atoms with Crippen molar-refractivity contribution >= 4 is 6.29 Å². The van der Waals surface area contributed by atoms with Crippen LogP contribution in [-0.2, 0) is 11.2 Å². The molecule has 0 aliphatic carbocycles. The SMILES string of the molecule is C=CC(CCCc1ccc(C=O)cc1O)C(C)C.CN.COC. The summed E-state index contributed by atoms with van der Waals surface area (Å²) in [7, 11) is 4.75. The smallest absolute Gasteiger partial charge is 0.150 e. The highest BCUT2D eigenvalue weighted by atomic mass is 16.4. The number of rotatable bonds is 7. The summed E-state index contributed by atoms with van der Waals surface area (Å²) in [6.07, 6.45) is 5.69. The molecule has 132 valence electrons. The van der Waals surface area contributed by atoms with Gasteiger partial charge >= 0.3 is 0 Å². The van der Waals surface area contributed by atoms with Crippen LogP contribution in [0.15, 0.2) is 30.9 Å². The molecule has 0 heterocycles. The second-order valence-corrected chi connectivity index (χ2v) is 5.45. The van der Waals surface area contributed by atoms with Gasteiger partial charge in [0.25, 0.3) is 0 Å². The highest BCUT2D eigenvalue weighted by Gasteiger charge is 2.09. The Kier molecular flexibility index (Phi) is 15.7. The maximum atomic E-state index is 10.6. The van der Waals surface area contributed by atoms with Gasteiger partial charge in [0, 0.05) is 19.8 Å². The van der Waals surface area contributed by atoms with Crippen molar-refractivity contribution in [3.05, 3.63) is 42.0 Å². The minimum atomic E-state index is 0.222. The van der Waals surface area contributed by atoms with E-state index in [0.29, 0.717) is 17.4 Å². The molecule has 0 saturated heterocycles. The molecule has 0 bridgehead atoms. The molecule has 0 aromatic heterocycles. The van der Waals surface area contributed by atoms with E-state index in [1.807, 2.05) is 12.1 Å². The monoisotopic (exact) mass is 323 g/mol. The van der Waals surface area contributed by atoms with Crippen molar-refractivity contribution in [2.45, 2.75) is 33.1 Å². The number of ether oxygens (including phenoxy) is 1. The number of carbonyl (C=O) groups is 1. The predicted molar refractivity (Wildman–Crippen MR) is 98.0 cm³/mol. The summed E-state index contributed by atoms with van der Waals surface area (Å²) in [6.45, 7) is 8.25. The number of allylic oxidation sites excluding steroid dienone is 1. The number of phenols is 1. The molecule has 4 nitrogen and oxygen atoms in total. The largest absolute Gasteiger partial charge is 0.508 e. The van der Waals surface area contributed by atoms with Crippen LogP contribution in [0.5, 0.6) is 5.75 Å². The second-order valence-electron chi connectivity index (χ2n) is 5.45. The molecule has 0 fully saturated rings. The van der Waals surface area contributed by atoms with Gasteiger partial charge in [-0.2, -0.15) is 0 Å². The molecule has 0 aliphatic rings. The zero-order valence-electron chi connectivity index (χ0n) is 15.2. The van der Waals surface area contributed by atoms with Gasteiger partial charge in [-0.1, -0.05) is 32.1 Å². The summed E-state index contributed by atoms with van der Waals surface area (Å²) >= 11 is 0. The van der Waals surface area contributed by atoms with Gasteiger partial charge in [0.15, 0.2) is 0 Å². The fraction of sp³-hybridized carbons (Fsp3) is 0.526. The van der Waals surface area contributed by atoms with E-state index in [-0.39, 0.29) is 5.75 Å². The average molecular weight is 323 g/mol. The number of methoxy groups -OCH3 is 1. The van der Waals surface area contributed by atoms with Gasteiger partial charge in [-0.25, -0.2) is 0 Å². The number of phenolic OH excluding ortho intramolecular Hbond substituents is 1. The molecule has 23 heavy (non-hydrogen) atoms. The molecule has 1 atom stereocenters. The lowest BCUT2D eigenvalue weighted by Gasteiger charge is -2.16. The zero-order chi connectivity index (χ0) is 18.3. The van der Waals surface area contributed by atoms with Crippen LogP contribution in [0.2, 0.25) is 0 Å². The Labute approximate surface area is 141 Å². The van der Waals surface area contributed by atoms with E-state index < -0.39 is 0 Å². The summed E-state index contributed by atoms with van der Waals surface area (Å²) in [5.41, 5.74) is 5.93. The number of hydrogen-bond donors (Lipinski definition) is 2. The fourth-order valence-corrected chi connectivity index (χ4v) is 2.12. The van der Waals surface area contributed by atoms with Gasteiger partial charge in [-0.05, 0) is 49.8 Å². The summed E-state index contributed by atoms with van der Waals surface area (Å²) in [6, 6.07) is 5.10. The van der Waals surface area contributed by atoms with Crippen molar-refractivity contribution in [3.8, 4) is 5.75 Å². The molecule has 4 heteroatoms. The van der Waals surface area contributed by atoms with Crippen LogP contribution in [0.1, 0.15) is 42.6 Å². The van der Waals surface area contributed by atoms with Crippen molar-refractivity contribution in [1.82, 2.24) is 0 Å². The molecule has 1 rings (SSSR count). The Morgan fingerprint density at radius 3 is 2.26 bits per heavy atom. The Morgan fingerprint density at radius 1 is 1.30 bits per heavy atom. The predicted octanol–water partition coefficient (Wildman–Crippen LogP) is 3.82. The number of carbonyl (C=O) groups excluding carboxylic acids is 1. The summed E-state index contributed by atoms with van der Waals surface area (Å²) in [5, 5.41) is 9.78. The van der Waals surface area contributed by atoms with E-state index in [2.05, 4.69) is 30.9 Å². The lowest BCUT2D eigenvalue weighted by molar-refractivity contribution is 0.112. The Balaban J connectivity index is 0. The fourth-order valence-electron chi connectivity index (χ4n) is 2.12. The lowest BCUT2D eigenvalue weighted by Crippen LogP contribution is -2.05. The molecule has 0 spiro atoms. The molecular weight excluding hydrogens is 290 g/mol. The van der Waals surface area contributed by atoms with E-state index in [0.717, 1.165) is 31.1 Å². The highest BCUT2D eigenvalue weighted by molar-refractivity contribution is 5.75. The molecule has 0 radical (unpaired) electrons. The van der Waals surface area contributed by atoms with E-state index >= 15 is 0 Å². The number of hydrogen-bond acceptors (Lipinski definition) is 4. The van der Waals surface area contributed by atoms with Crippen LogP contribution in [-0.4, -0.2) is 32.7 Å². The minimum Gasteiger partial charge on any atom is -0.508 e. The van der Waals surface area contributed by atoms with Gasteiger partial charge in [0.1, 0.15) is 12.0 Å². The topological polar surface area (TPSA) is 72.5 Å². The van der Waals surface area contributed by atoms with Gasteiger partial charge in [-0.15, -0.1) is 6.58 Å². The third-order valence-electron chi connectivity index (χ3n) is 3.39. The third kappa shape index (κ3) is 10.7. The molecule has 0 aliphatic heterocycles. The first-order valence-electron chi connectivity index (χ1n) is 7.87. The van der Waals surface area contributed by atoms with E-state index in [4.69, 9.17) is 0 Å². The number of aldehydes is 1. The Bertz CT molecular complexity index is 431. The Morgan fingerprint density at radius 2 is 1.87 bits per heavy atom. The molecule has 3 N–H and O–H groups in total. The van der Waals surface area contributed by atoms with Crippen LogP contribution in [0.3, 0.4) is 0 Å². The maximum absolute atomic E-state index is 10.6. The van der Waals surface area contributed by atoms with Gasteiger partial charge < -0.3 is 15.6 Å². The van der Waals surface area contributed by atoms with E-state index in [1.165, 1.54) is 13.1 Å². The summed E-state index contributed by atoms with van der Waals surface area (Å²) in [4.78, 5) is 10.6. The summed E-state index contributed by atoms with van der Waals surface area (Å²) < 4.78 is 4.25. The van der Waals surface area contributed by atoms with Crippen LogP contribution < -0.4 is 5.73 Å². The summed E-state index contributed by atoms with van der Waals surface area (Å²) in [5.74, 6) is 1.36. The van der Waals surface area contributed by atoms with Crippen molar-refractivity contribution < 1.29 is 14.6 Å². The van der Waals surface area contributed by atoms with Crippen molar-refractivity contribution in [1.29, 1.82) is 0 Å². The number of benzene rings is 1. The molecule has 0 amide bonds. The van der Waals surface area contributed by atoms with Crippen LogP contribution >= 0.6 is 0 Å².